The summed E-state index contributed by atoms with van der Waals surface area (Å²) in [5.41, 5.74) is 0. The lowest BCUT2D eigenvalue weighted by Crippen LogP contribution is -2.39. The van der Waals surface area contributed by atoms with Gasteiger partial charge in [-0.15, -0.1) is 0 Å². The van der Waals surface area contributed by atoms with Gasteiger partial charge in [-0.2, -0.15) is 12.7 Å². The van der Waals surface area contributed by atoms with Crippen LogP contribution < -0.4 is 0 Å². The summed E-state index contributed by atoms with van der Waals surface area (Å²) < 4.78 is 32.7. The maximum absolute atomic E-state index is 11.4. The van der Waals surface area contributed by atoms with Crippen LogP contribution in [0.2, 0.25) is 0 Å². The predicted molar refractivity (Wildman–Crippen MR) is 45.7 cm³/mol. The molecule has 80 valence electrons. The molecule has 0 aromatic heterocycles. The van der Waals surface area contributed by atoms with E-state index in [-0.39, 0.29) is 12.1 Å². The summed E-state index contributed by atoms with van der Waals surface area (Å²) in [5, 5.41) is 0. The SMILES string of the molecule is COC(=O)N1[C@H]2CCC[C@H]2OS1(=O)=O. The Morgan fingerprint density at radius 3 is 2.86 bits per heavy atom. The molecule has 14 heavy (non-hydrogen) atoms. The van der Waals surface area contributed by atoms with E-state index in [9.17, 15) is 13.2 Å². The first kappa shape index (κ1) is 9.72. The molecule has 1 saturated heterocycles. The lowest BCUT2D eigenvalue weighted by Gasteiger charge is -2.17. The van der Waals surface area contributed by atoms with Gasteiger partial charge in [0.1, 0.15) is 6.10 Å². The van der Waals surface area contributed by atoms with Crippen LogP contribution in [0.5, 0.6) is 0 Å². The summed E-state index contributed by atoms with van der Waals surface area (Å²) in [6.45, 7) is 0. The molecule has 0 radical (unpaired) electrons. The van der Waals surface area contributed by atoms with Crippen molar-refractivity contribution in [2.24, 2.45) is 0 Å². The van der Waals surface area contributed by atoms with Crippen molar-refractivity contribution in [3.8, 4) is 0 Å². The molecule has 2 aliphatic rings. The number of carbonyl (C=O) groups excluding carboxylic acids is 1. The van der Waals surface area contributed by atoms with Crippen LogP contribution in [0.25, 0.3) is 0 Å². The largest absolute Gasteiger partial charge is 0.452 e. The molecular formula is C7H11NO5S. The maximum atomic E-state index is 11.4. The minimum atomic E-state index is -3.90. The Morgan fingerprint density at radius 2 is 2.21 bits per heavy atom. The number of fused-ring (bicyclic) bond motifs is 1. The van der Waals surface area contributed by atoms with Gasteiger partial charge in [0.2, 0.25) is 0 Å². The van der Waals surface area contributed by atoms with Gasteiger partial charge < -0.3 is 4.74 Å². The summed E-state index contributed by atoms with van der Waals surface area (Å²) >= 11 is 0. The second-order valence-corrected chi connectivity index (χ2v) is 4.80. The molecule has 7 heteroatoms. The Morgan fingerprint density at radius 1 is 1.50 bits per heavy atom. The fraction of sp³-hybridized carbons (Fsp3) is 0.857. The fourth-order valence-electron chi connectivity index (χ4n) is 1.97. The van der Waals surface area contributed by atoms with Crippen LogP contribution >= 0.6 is 0 Å². The van der Waals surface area contributed by atoms with Gasteiger partial charge in [0, 0.05) is 0 Å². The summed E-state index contributed by atoms with van der Waals surface area (Å²) in [7, 11) is -2.75. The van der Waals surface area contributed by atoms with E-state index in [0.717, 1.165) is 13.5 Å². The average Bonchev–Trinajstić information content (AvgIpc) is 2.59. The molecule has 6 nitrogen and oxygen atoms in total. The number of hydrogen-bond acceptors (Lipinski definition) is 5. The summed E-state index contributed by atoms with van der Waals surface area (Å²) in [6.07, 6.45) is 0.966. The molecule has 1 amide bonds. The van der Waals surface area contributed by atoms with E-state index in [0.29, 0.717) is 17.1 Å². The first-order valence-corrected chi connectivity index (χ1v) is 5.73. The van der Waals surface area contributed by atoms with Crippen molar-refractivity contribution in [1.82, 2.24) is 4.31 Å². The number of ether oxygens (including phenoxy) is 1. The summed E-state index contributed by atoms with van der Waals surface area (Å²) in [5.74, 6) is 0. The van der Waals surface area contributed by atoms with Crippen LogP contribution in [0.4, 0.5) is 4.79 Å². The van der Waals surface area contributed by atoms with Crippen molar-refractivity contribution < 1.29 is 22.1 Å². The van der Waals surface area contributed by atoms with Crippen LogP contribution in [0.15, 0.2) is 0 Å². The molecule has 1 aliphatic carbocycles. The number of carbonyl (C=O) groups is 1. The molecule has 0 spiro atoms. The molecule has 2 rings (SSSR count). The third kappa shape index (κ3) is 1.27. The highest BCUT2D eigenvalue weighted by Gasteiger charge is 2.51. The lowest BCUT2D eigenvalue weighted by molar-refractivity contribution is 0.138. The van der Waals surface area contributed by atoms with E-state index in [1.54, 1.807) is 0 Å². The van der Waals surface area contributed by atoms with E-state index in [4.69, 9.17) is 4.18 Å². The second kappa shape index (κ2) is 3.09. The van der Waals surface area contributed by atoms with Crippen molar-refractivity contribution in [2.75, 3.05) is 7.11 Å². The number of amides is 1. The minimum absolute atomic E-state index is 0.368. The van der Waals surface area contributed by atoms with E-state index in [1.165, 1.54) is 0 Å². The zero-order chi connectivity index (χ0) is 10.3. The van der Waals surface area contributed by atoms with Crippen LogP contribution in [-0.2, 0) is 19.2 Å². The fourth-order valence-corrected chi connectivity index (χ4v) is 3.43. The minimum Gasteiger partial charge on any atom is -0.452 e. The zero-order valence-electron chi connectivity index (χ0n) is 7.67. The maximum Gasteiger partial charge on any atom is 0.425 e. The Kier molecular flexibility index (Phi) is 2.15. The first-order valence-electron chi connectivity index (χ1n) is 4.37. The third-order valence-corrected chi connectivity index (χ3v) is 3.95. The highest BCUT2D eigenvalue weighted by atomic mass is 32.2. The molecule has 1 aliphatic heterocycles. The Labute approximate surface area is 82.0 Å². The van der Waals surface area contributed by atoms with E-state index in [1.807, 2.05) is 0 Å². The highest BCUT2D eigenvalue weighted by Crippen LogP contribution is 2.36. The number of rotatable bonds is 0. The van der Waals surface area contributed by atoms with Crippen molar-refractivity contribution >= 4 is 16.4 Å². The van der Waals surface area contributed by atoms with Crippen molar-refractivity contribution in [3.63, 3.8) is 0 Å². The number of hydrogen-bond donors (Lipinski definition) is 0. The van der Waals surface area contributed by atoms with Gasteiger partial charge in [-0.25, -0.2) is 8.98 Å². The van der Waals surface area contributed by atoms with Gasteiger partial charge in [-0.3, -0.25) is 0 Å². The Hall–Kier alpha value is -0.820. The molecule has 0 unspecified atom stereocenters. The smallest absolute Gasteiger partial charge is 0.425 e. The van der Waals surface area contributed by atoms with E-state index >= 15 is 0 Å². The highest BCUT2D eigenvalue weighted by molar-refractivity contribution is 7.85. The van der Waals surface area contributed by atoms with E-state index in [2.05, 4.69) is 4.74 Å². The second-order valence-electron chi connectivity index (χ2n) is 3.36. The topological polar surface area (TPSA) is 72.9 Å². The molecule has 2 atom stereocenters. The van der Waals surface area contributed by atoms with Gasteiger partial charge in [-0.1, -0.05) is 0 Å². The van der Waals surface area contributed by atoms with Gasteiger partial charge in [-0.05, 0) is 19.3 Å². The summed E-state index contributed by atoms with van der Waals surface area (Å²) in [4.78, 5) is 11.2. The first-order chi connectivity index (χ1) is 6.56. The zero-order valence-corrected chi connectivity index (χ0v) is 8.49. The van der Waals surface area contributed by atoms with Crippen molar-refractivity contribution in [1.29, 1.82) is 0 Å². The molecule has 0 aromatic rings. The predicted octanol–water partition coefficient (Wildman–Crippen LogP) is 0.251. The Bertz CT molecular complexity index is 351. The molecule has 2 fully saturated rings. The number of methoxy groups -OCH3 is 1. The molecular weight excluding hydrogens is 210 g/mol. The van der Waals surface area contributed by atoms with Crippen LogP contribution in [0.3, 0.4) is 0 Å². The third-order valence-electron chi connectivity index (χ3n) is 2.56. The molecule has 1 saturated carbocycles. The quantitative estimate of drug-likeness (QED) is 0.586. The number of nitrogens with zero attached hydrogens (tertiary/aromatic N) is 1. The molecule has 0 N–H and O–H groups in total. The molecule has 0 aromatic carbocycles. The van der Waals surface area contributed by atoms with Crippen molar-refractivity contribution in [2.45, 2.75) is 31.4 Å². The average molecular weight is 221 g/mol. The molecule has 0 bridgehead atoms. The van der Waals surface area contributed by atoms with Gasteiger partial charge in [0.15, 0.2) is 0 Å². The van der Waals surface area contributed by atoms with Gasteiger partial charge in [0.25, 0.3) is 0 Å². The van der Waals surface area contributed by atoms with Crippen LogP contribution in [0, 0.1) is 0 Å². The van der Waals surface area contributed by atoms with Gasteiger partial charge >= 0.3 is 16.4 Å². The van der Waals surface area contributed by atoms with Gasteiger partial charge in [0.05, 0.1) is 13.2 Å². The standard InChI is InChI=1S/C7H11NO5S/c1-12-7(9)8-5-3-2-4-6(5)13-14(8,10)11/h5-6H,2-4H2,1H3/t5-,6+/m0/s1. The molecule has 1 heterocycles. The lowest BCUT2D eigenvalue weighted by atomic mass is 10.2. The van der Waals surface area contributed by atoms with Crippen LogP contribution in [-0.4, -0.2) is 38.1 Å². The van der Waals surface area contributed by atoms with Crippen LogP contribution in [0.1, 0.15) is 19.3 Å². The Balaban J connectivity index is 2.31. The monoisotopic (exact) mass is 221 g/mol. The van der Waals surface area contributed by atoms with E-state index < -0.39 is 16.4 Å². The normalized spacial score (nSPS) is 34.2. The van der Waals surface area contributed by atoms with Crippen molar-refractivity contribution in [3.05, 3.63) is 0 Å². The summed E-state index contributed by atoms with van der Waals surface area (Å²) in [6, 6.07) is -0.368.